The Morgan fingerprint density at radius 1 is 1.47 bits per heavy atom. The molecule has 90 valence electrons. The Morgan fingerprint density at radius 2 is 2.41 bits per heavy atom. The van der Waals surface area contributed by atoms with Gasteiger partial charge in [0.1, 0.15) is 5.52 Å². The number of fused-ring (bicyclic) bond motifs is 1. The molecule has 1 fully saturated rings. The van der Waals surface area contributed by atoms with Gasteiger partial charge in [0, 0.05) is 24.4 Å². The molecule has 1 unspecified atom stereocenters. The van der Waals surface area contributed by atoms with E-state index in [1.807, 2.05) is 24.8 Å². The van der Waals surface area contributed by atoms with Gasteiger partial charge in [-0.05, 0) is 36.8 Å². The molecule has 0 saturated carbocycles. The Morgan fingerprint density at radius 3 is 3.24 bits per heavy atom. The average molecular weight is 248 g/mol. The zero-order valence-corrected chi connectivity index (χ0v) is 10.7. The highest BCUT2D eigenvalue weighted by Gasteiger charge is 2.13. The third-order valence-corrected chi connectivity index (χ3v) is 4.24. The summed E-state index contributed by atoms with van der Waals surface area (Å²) in [5.74, 6) is 3.24. The molecule has 1 aromatic heterocycles. The molecule has 0 amide bonds. The van der Waals surface area contributed by atoms with Crippen LogP contribution in [0.1, 0.15) is 18.7 Å². The minimum atomic E-state index is 0.596. The van der Waals surface area contributed by atoms with E-state index in [4.69, 9.17) is 4.42 Å². The molecule has 1 aromatic carbocycles. The van der Waals surface area contributed by atoms with Gasteiger partial charge in [0.2, 0.25) is 0 Å². The van der Waals surface area contributed by atoms with Crippen LogP contribution in [0, 0.1) is 6.92 Å². The standard InChI is InChI=1S/C13H16N2OS/c1-9-14-12-7-10(4-5-13(12)16-9)15-11-3-2-6-17-8-11/h4-5,7,11,15H,2-3,6,8H2,1H3. The highest BCUT2D eigenvalue weighted by molar-refractivity contribution is 7.99. The monoisotopic (exact) mass is 248 g/mol. The summed E-state index contributed by atoms with van der Waals surface area (Å²) in [5, 5.41) is 3.58. The number of hydrogen-bond donors (Lipinski definition) is 1. The average Bonchev–Trinajstić information content (AvgIpc) is 2.70. The summed E-state index contributed by atoms with van der Waals surface area (Å²) in [6.07, 6.45) is 2.58. The van der Waals surface area contributed by atoms with Crippen molar-refractivity contribution in [3.05, 3.63) is 24.1 Å². The van der Waals surface area contributed by atoms with Gasteiger partial charge in [-0.2, -0.15) is 11.8 Å². The molecular formula is C13H16N2OS. The lowest BCUT2D eigenvalue weighted by Crippen LogP contribution is -2.25. The van der Waals surface area contributed by atoms with Crippen molar-refractivity contribution >= 4 is 28.5 Å². The third kappa shape index (κ3) is 2.41. The second-order valence-electron chi connectivity index (χ2n) is 4.47. The molecule has 2 aromatic rings. The number of nitrogens with one attached hydrogen (secondary N) is 1. The van der Waals surface area contributed by atoms with E-state index in [1.54, 1.807) is 0 Å². The minimum absolute atomic E-state index is 0.596. The number of rotatable bonds is 2. The maximum absolute atomic E-state index is 5.47. The first kappa shape index (κ1) is 11.0. The van der Waals surface area contributed by atoms with Crippen LogP contribution in [0.3, 0.4) is 0 Å². The van der Waals surface area contributed by atoms with Crippen molar-refractivity contribution in [3.8, 4) is 0 Å². The number of aryl methyl sites for hydroxylation is 1. The van der Waals surface area contributed by atoms with Gasteiger partial charge >= 0.3 is 0 Å². The Bertz CT molecular complexity index is 517. The fraction of sp³-hybridized carbons (Fsp3) is 0.462. The largest absolute Gasteiger partial charge is 0.441 e. The van der Waals surface area contributed by atoms with E-state index >= 15 is 0 Å². The van der Waals surface area contributed by atoms with Crippen LogP contribution in [-0.2, 0) is 0 Å². The van der Waals surface area contributed by atoms with Gasteiger partial charge in [-0.25, -0.2) is 4.98 Å². The quantitative estimate of drug-likeness (QED) is 0.883. The SMILES string of the molecule is Cc1nc2cc(NC3CCCSC3)ccc2o1. The molecule has 1 atom stereocenters. The van der Waals surface area contributed by atoms with Gasteiger partial charge < -0.3 is 9.73 Å². The maximum atomic E-state index is 5.47. The molecule has 1 aliphatic rings. The van der Waals surface area contributed by atoms with Crippen LogP contribution in [0.15, 0.2) is 22.6 Å². The van der Waals surface area contributed by atoms with E-state index in [0.29, 0.717) is 6.04 Å². The van der Waals surface area contributed by atoms with Crippen molar-refractivity contribution in [2.45, 2.75) is 25.8 Å². The lowest BCUT2D eigenvalue weighted by Gasteiger charge is -2.23. The van der Waals surface area contributed by atoms with E-state index in [-0.39, 0.29) is 0 Å². The molecule has 2 heterocycles. The summed E-state index contributed by atoms with van der Waals surface area (Å²) < 4.78 is 5.47. The molecule has 1 saturated heterocycles. The van der Waals surface area contributed by atoms with Gasteiger partial charge in [0.25, 0.3) is 0 Å². The summed E-state index contributed by atoms with van der Waals surface area (Å²) in [5.41, 5.74) is 2.96. The van der Waals surface area contributed by atoms with Gasteiger partial charge in [-0.3, -0.25) is 0 Å². The predicted molar refractivity (Wildman–Crippen MR) is 72.7 cm³/mol. The Labute approximate surface area is 105 Å². The second-order valence-corrected chi connectivity index (χ2v) is 5.62. The number of anilines is 1. The summed E-state index contributed by atoms with van der Waals surface area (Å²) in [6.45, 7) is 1.88. The van der Waals surface area contributed by atoms with Crippen LogP contribution in [0.25, 0.3) is 11.1 Å². The number of oxazole rings is 1. The van der Waals surface area contributed by atoms with Crippen LogP contribution in [0.5, 0.6) is 0 Å². The van der Waals surface area contributed by atoms with Crippen LogP contribution < -0.4 is 5.32 Å². The molecule has 0 spiro atoms. The molecule has 1 N–H and O–H groups in total. The smallest absolute Gasteiger partial charge is 0.192 e. The predicted octanol–water partition coefficient (Wildman–Crippen LogP) is 3.44. The van der Waals surface area contributed by atoms with Crippen molar-refractivity contribution in [1.82, 2.24) is 4.98 Å². The molecule has 4 heteroatoms. The first-order chi connectivity index (χ1) is 8.31. The van der Waals surface area contributed by atoms with Gasteiger partial charge in [-0.15, -0.1) is 0 Å². The number of hydrogen-bond acceptors (Lipinski definition) is 4. The molecule has 17 heavy (non-hydrogen) atoms. The van der Waals surface area contributed by atoms with Crippen molar-refractivity contribution < 1.29 is 4.42 Å². The number of thioether (sulfide) groups is 1. The molecule has 3 nitrogen and oxygen atoms in total. The highest BCUT2D eigenvalue weighted by atomic mass is 32.2. The van der Waals surface area contributed by atoms with Gasteiger partial charge in [0.05, 0.1) is 0 Å². The van der Waals surface area contributed by atoms with Crippen LogP contribution in [0.2, 0.25) is 0 Å². The van der Waals surface area contributed by atoms with Crippen molar-refractivity contribution in [2.24, 2.45) is 0 Å². The number of aromatic nitrogens is 1. The second kappa shape index (κ2) is 4.61. The maximum Gasteiger partial charge on any atom is 0.192 e. The van der Waals surface area contributed by atoms with Gasteiger partial charge in [-0.1, -0.05) is 0 Å². The van der Waals surface area contributed by atoms with E-state index in [1.165, 1.54) is 24.3 Å². The lowest BCUT2D eigenvalue weighted by atomic mass is 10.1. The van der Waals surface area contributed by atoms with E-state index in [9.17, 15) is 0 Å². The topological polar surface area (TPSA) is 38.1 Å². The summed E-state index contributed by atoms with van der Waals surface area (Å²) in [7, 11) is 0. The normalized spacial score (nSPS) is 20.6. The number of nitrogens with zero attached hydrogens (tertiary/aromatic N) is 1. The summed E-state index contributed by atoms with van der Waals surface area (Å²) >= 11 is 2.03. The first-order valence-electron chi connectivity index (χ1n) is 6.03. The summed E-state index contributed by atoms with van der Waals surface area (Å²) in [4.78, 5) is 4.36. The van der Waals surface area contributed by atoms with Crippen molar-refractivity contribution in [2.75, 3.05) is 16.8 Å². The van der Waals surface area contributed by atoms with Crippen LogP contribution in [-0.4, -0.2) is 22.5 Å². The van der Waals surface area contributed by atoms with E-state index < -0.39 is 0 Å². The third-order valence-electron chi connectivity index (χ3n) is 3.03. The Balaban J connectivity index is 1.79. The number of benzene rings is 1. The minimum Gasteiger partial charge on any atom is -0.441 e. The van der Waals surface area contributed by atoms with Crippen molar-refractivity contribution in [1.29, 1.82) is 0 Å². The highest BCUT2D eigenvalue weighted by Crippen LogP contribution is 2.24. The van der Waals surface area contributed by atoms with Crippen LogP contribution in [0.4, 0.5) is 5.69 Å². The zero-order chi connectivity index (χ0) is 11.7. The Kier molecular flexibility index (Phi) is 2.97. The fourth-order valence-corrected chi connectivity index (χ4v) is 3.29. The Hall–Kier alpha value is -1.16. The molecule has 0 bridgehead atoms. The van der Waals surface area contributed by atoms with Crippen molar-refractivity contribution in [3.63, 3.8) is 0 Å². The van der Waals surface area contributed by atoms with Crippen LogP contribution >= 0.6 is 11.8 Å². The first-order valence-corrected chi connectivity index (χ1v) is 7.18. The lowest BCUT2D eigenvalue weighted by molar-refractivity contribution is 0.561. The summed E-state index contributed by atoms with van der Waals surface area (Å²) in [6, 6.07) is 6.74. The van der Waals surface area contributed by atoms with E-state index in [2.05, 4.69) is 22.4 Å². The molecule has 0 aliphatic carbocycles. The molecule has 0 radical (unpaired) electrons. The zero-order valence-electron chi connectivity index (χ0n) is 9.90. The molecule has 3 rings (SSSR count). The molecule has 1 aliphatic heterocycles. The fourth-order valence-electron chi connectivity index (χ4n) is 2.22. The molecular weight excluding hydrogens is 232 g/mol. The van der Waals surface area contributed by atoms with E-state index in [0.717, 1.165) is 22.7 Å². The van der Waals surface area contributed by atoms with Gasteiger partial charge in [0.15, 0.2) is 11.5 Å².